The first-order valence-corrected chi connectivity index (χ1v) is 6.59. The van der Waals surface area contributed by atoms with E-state index in [0.29, 0.717) is 6.04 Å². The average Bonchev–Trinajstić information content (AvgIpc) is 2.30. The van der Waals surface area contributed by atoms with Gasteiger partial charge in [-0.2, -0.15) is 0 Å². The summed E-state index contributed by atoms with van der Waals surface area (Å²) in [6.07, 6.45) is 1.74. The molecule has 0 aliphatic carbocycles. The minimum atomic E-state index is 0.455. The van der Waals surface area contributed by atoms with Gasteiger partial charge in [0.25, 0.3) is 0 Å². The fourth-order valence-electron chi connectivity index (χ4n) is 1.64. The van der Waals surface area contributed by atoms with Crippen molar-refractivity contribution in [2.75, 3.05) is 18.0 Å². The second-order valence-electron chi connectivity index (χ2n) is 4.34. The minimum Gasteiger partial charge on any atom is -0.357 e. The van der Waals surface area contributed by atoms with Crippen LogP contribution in [0.5, 0.6) is 0 Å². The predicted molar refractivity (Wildman–Crippen MR) is 74.8 cm³/mol. The van der Waals surface area contributed by atoms with E-state index < -0.39 is 0 Å². The first-order valence-electron chi connectivity index (χ1n) is 6.21. The molecule has 1 rings (SSSR count). The zero-order valence-electron chi connectivity index (χ0n) is 11.1. The van der Waals surface area contributed by atoms with Crippen LogP contribution in [-0.2, 0) is 6.54 Å². The zero-order valence-corrected chi connectivity index (χ0v) is 11.9. The van der Waals surface area contributed by atoms with Gasteiger partial charge in [0.1, 0.15) is 5.82 Å². The first-order chi connectivity index (χ1) is 8.08. The van der Waals surface area contributed by atoms with Crippen molar-refractivity contribution in [1.82, 2.24) is 10.3 Å². The van der Waals surface area contributed by atoms with Crippen molar-refractivity contribution in [2.45, 2.75) is 40.3 Å². The van der Waals surface area contributed by atoms with Crippen LogP contribution in [0.15, 0.2) is 12.3 Å². The summed E-state index contributed by atoms with van der Waals surface area (Å²) in [4.78, 5) is 6.59. The molecule has 4 heteroatoms. The number of nitrogens with zero attached hydrogens (tertiary/aromatic N) is 2. The Bertz CT molecular complexity index is 349. The molecule has 0 fully saturated rings. The number of pyridine rings is 1. The third-order valence-electron chi connectivity index (χ3n) is 2.71. The third-order valence-corrected chi connectivity index (χ3v) is 3.05. The van der Waals surface area contributed by atoms with Crippen molar-refractivity contribution in [2.24, 2.45) is 0 Å². The molecule has 0 saturated carbocycles. The van der Waals surface area contributed by atoms with Gasteiger partial charge < -0.3 is 10.2 Å². The molecule has 0 radical (unpaired) electrons. The summed E-state index contributed by atoms with van der Waals surface area (Å²) >= 11 is 6.15. The van der Waals surface area contributed by atoms with E-state index in [-0.39, 0.29) is 0 Å². The van der Waals surface area contributed by atoms with Crippen molar-refractivity contribution in [3.63, 3.8) is 0 Å². The van der Waals surface area contributed by atoms with Crippen molar-refractivity contribution >= 4 is 17.4 Å². The molecule has 1 heterocycles. The lowest BCUT2D eigenvalue weighted by atomic mass is 10.2. The molecule has 17 heavy (non-hydrogen) atoms. The number of rotatable bonds is 6. The molecule has 0 aromatic carbocycles. The molecule has 0 bridgehead atoms. The van der Waals surface area contributed by atoms with Crippen molar-refractivity contribution in [1.29, 1.82) is 0 Å². The number of hydrogen-bond acceptors (Lipinski definition) is 3. The first kappa shape index (κ1) is 14.3. The van der Waals surface area contributed by atoms with Gasteiger partial charge in [-0.3, -0.25) is 0 Å². The zero-order chi connectivity index (χ0) is 12.8. The highest BCUT2D eigenvalue weighted by atomic mass is 35.5. The van der Waals surface area contributed by atoms with Crippen LogP contribution in [0.3, 0.4) is 0 Å². The van der Waals surface area contributed by atoms with Crippen LogP contribution >= 0.6 is 11.6 Å². The second kappa shape index (κ2) is 6.82. The Morgan fingerprint density at radius 1 is 1.35 bits per heavy atom. The highest BCUT2D eigenvalue weighted by Gasteiger charge is 2.08. The van der Waals surface area contributed by atoms with E-state index in [1.54, 1.807) is 6.20 Å². The highest BCUT2D eigenvalue weighted by molar-refractivity contribution is 6.31. The summed E-state index contributed by atoms with van der Waals surface area (Å²) in [6.45, 7) is 11.2. The molecule has 0 unspecified atom stereocenters. The van der Waals surface area contributed by atoms with E-state index in [1.807, 2.05) is 0 Å². The number of nitrogens with one attached hydrogen (secondary N) is 1. The molecule has 0 aliphatic rings. The quantitative estimate of drug-likeness (QED) is 0.847. The standard InChI is InChI=1S/C13H22ClN3/c1-5-17(6-2)13-7-11(8-15-10(3)4)12(14)9-16-13/h7,9-10,15H,5-6,8H2,1-4H3. The van der Waals surface area contributed by atoms with Gasteiger partial charge in [0.2, 0.25) is 0 Å². The summed E-state index contributed by atoms with van der Waals surface area (Å²) < 4.78 is 0. The van der Waals surface area contributed by atoms with E-state index in [0.717, 1.165) is 36.0 Å². The normalized spacial score (nSPS) is 10.9. The summed E-state index contributed by atoms with van der Waals surface area (Å²) in [5.41, 5.74) is 1.11. The van der Waals surface area contributed by atoms with E-state index in [4.69, 9.17) is 11.6 Å². The highest BCUT2D eigenvalue weighted by Crippen LogP contribution is 2.20. The van der Waals surface area contributed by atoms with Crippen molar-refractivity contribution in [3.8, 4) is 0 Å². The SMILES string of the molecule is CCN(CC)c1cc(CNC(C)C)c(Cl)cn1. The van der Waals surface area contributed by atoms with Crippen LogP contribution in [0.4, 0.5) is 5.82 Å². The van der Waals surface area contributed by atoms with Crippen molar-refractivity contribution < 1.29 is 0 Å². The maximum Gasteiger partial charge on any atom is 0.128 e. The number of aromatic nitrogens is 1. The lowest BCUT2D eigenvalue weighted by Crippen LogP contribution is -2.24. The Hall–Kier alpha value is -0.800. The van der Waals surface area contributed by atoms with Crippen LogP contribution in [-0.4, -0.2) is 24.1 Å². The van der Waals surface area contributed by atoms with E-state index in [2.05, 4.69) is 49.0 Å². The molecule has 0 atom stereocenters. The lowest BCUT2D eigenvalue weighted by molar-refractivity contribution is 0.588. The Balaban J connectivity index is 2.85. The van der Waals surface area contributed by atoms with Crippen LogP contribution in [0, 0.1) is 0 Å². The number of anilines is 1. The Morgan fingerprint density at radius 2 is 2.00 bits per heavy atom. The fraction of sp³-hybridized carbons (Fsp3) is 0.615. The van der Waals surface area contributed by atoms with Gasteiger partial charge in [0.05, 0.1) is 5.02 Å². The Labute approximate surface area is 109 Å². The van der Waals surface area contributed by atoms with Crippen LogP contribution in [0.25, 0.3) is 0 Å². The van der Waals surface area contributed by atoms with Crippen LogP contribution in [0.2, 0.25) is 5.02 Å². The van der Waals surface area contributed by atoms with Gasteiger partial charge in [-0.1, -0.05) is 25.4 Å². The third kappa shape index (κ3) is 4.17. The maximum absolute atomic E-state index is 6.15. The van der Waals surface area contributed by atoms with Gasteiger partial charge in [-0.05, 0) is 25.5 Å². The van der Waals surface area contributed by atoms with E-state index in [1.165, 1.54) is 0 Å². The van der Waals surface area contributed by atoms with E-state index >= 15 is 0 Å². The van der Waals surface area contributed by atoms with Crippen LogP contribution < -0.4 is 10.2 Å². The summed E-state index contributed by atoms with van der Waals surface area (Å²) in [5.74, 6) is 1.000. The lowest BCUT2D eigenvalue weighted by Gasteiger charge is -2.21. The molecular formula is C13H22ClN3. The largest absolute Gasteiger partial charge is 0.357 e. The summed E-state index contributed by atoms with van der Waals surface area (Å²) in [5, 5.41) is 4.10. The molecular weight excluding hydrogens is 234 g/mol. The predicted octanol–water partition coefficient (Wildman–Crippen LogP) is 3.08. The second-order valence-corrected chi connectivity index (χ2v) is 4.75. The molecule has 0 saturated heterocycles. The van der Waals surface area contributed by atoms with Gasteiger partial charge in [-0.15, -0.1) is 0 Å². The summed E-state index contributed by atoms with van der Waals surface area (Å²) in [6, 6.07) is 2.53. The van der Waals surface area contributed by atoms with Gasteiger partial charge in [0.15, 0.2) is 0 Å². The minimum absolute atomic E-state index is 0.455. The molecule has 0 spiro atoms. The van der Waals surface area contributed by atoms with Gasteiger partial charge >= 0.3 is 0 Å². The molecule has 3 nitrogen and oxygen atoms in total. The monoisotopic (exact) mass is 255 g/mol. The van der Waals surface area contributed by atoms with E-state index in [9.17, 15) is 0 Å². The number of hydrogen-bond donors (Lipinski definition) is 1. The molecule has 0 amide bonds. The average molecular weight is 256 g/mol. The summed E-state index contributed by atoms with van der Waals surface area (Å²) in [7, 11) is 0. The molecule has 96 valence electrons. The molecule has 1 aromatic heterocycles. The Morgan fingerprint density at radius 3 is 2.53 bits per heavy atom. The smallest absolute Gasteiger partial charge is 0.128 e. The van der Waals surface area contributed by atoms with Gasteiger partial charge in [0, 0.05) is 31.9 Å². The fourth-order valence-corrected chi connectivity index (χ4v) is 1.81. The Kier molecular flexibility index (Phi) is 5.72. The molecule has 0 aliphatic heterocycles. The topological polar surface area (TPSA) is 28.2 Å². The maximum atomic E-state index is 6.15. The number of halogens is 1. The van der Waals surface area contributed by atoms with Crippen LogP contribution in [0.1, 0.15) is 33.3 Å². The molecule has 1 N–H and O–H groups in total. The molecule has 1 aromatic rings. The van der Waals surface area contributed by atoms with Gasteiger partial charge in [-0.25, -0.2) is 4.98 Å². The van der Waals surface area contributed by atoms with Crippen molar-refractivity contribution in [3.05, 3.63) is 22.8 Å².